The summed E-state index contributed by atoms with van der Waals surface area (Å²) in [6, 6.07) is 6.63. The summed E-state index contributed by atoms with van der Waals surface area (Å²) in [6.45, 7) is 3.59. The van der Waals surface area contributed by atoms with E-state index >= 15 is 0 Å². The van der Waals surface area contributed by atoms with Crippen LogP contribution in [-0.4, -0.2) is 20.3 Å². The van der Waals surface area contributed by atoms with Crippen molar-refractivity contribution >= 4 is 0 Å². The van der Waals surface area contributed by atoms with E-state index in [0.29, 0.717) is 5.92 Å². The zero-order valence-corrected chi connectivity index (χ0v) is 12.0. The Labute approximate surface area is 116 Å². The van der Waals surface area contributed by atoms with Crippen molar-refractivity contribution in [2.75, 3.05) is 20.3 Å². The number of methoxy groups -OCH3 is 1. The average molecular weight is 260 g/mol. The Balaban J connectivity index is 2.09. The molecule has 0 saturated heterocycles. The van der Waals surface area contributed by atoms with Crippen LogP contribution in [0.2, 0.25) is 0 Å². The third kappa shape index (κ3) is 3.84. The second-order valence-electron chi connectivity index (χ2n) is 5.00. The van der Waals surface area contributed by atoms with Crippen LogP contribution in [0.1, 0.15) is 43.2 Å². The lowest BCUT2D eigenvalue weighted by Gasteiger charge is -2.21. The summed E-state index contributed by atoms with van der Waals surface area (Å²) in [5.41, 5.74) is 2.65. The van der Waals surface area contributed by atoms with Crippen LogP contribution in [0.4, 0.5) is 0 Å². The molecule has 19 heavy (non-hydrogen) atoms. The van der Waals surface area contributed by atoms with Crippen molar-refractivity contribution in [2.24, 2.45) is 0 Å². The van der Waals surface area contributed by atoms with Crippen molar-refractivity contribution in [3.8, 4) is 5.75 Å². The normalized spacial score (nSPS) is 18.5. The zero-order chi connectivity index (χ0) is 13.5. The van der Waals surface area contributed by atoms with E-state index in [1.54, 1.807) is 7.11 Å². The number of ether oxygens (including phenoxy) is 2. The highest BCUT2D eigenvalue weighted by atomic mass is 16.5. The minimum atomic E-state index is 0.612. The van der Waals surface area contributed by atoms with Crippen LogP contribution in [0, 0.1) is 0 Å². The molecule has 0 saturated carbocycles. The molecule has 0 heterocycles. The van der Waals surface area contributed by atoms with Gasteiger partial charge in [-0.2, -0.15) is 0 Å². The predicted octanol–water partition coefficient (Wildman–Crippen LogP) is 4.10. The first kappa shape index (κ1) is 14.1. The molecular formula is C17H24O2. The van der Waals surface area contributed by atoms with E-state index in [1.807, 2.05) is 6.92 Å². The van der Waals surface area contributed by atoms with Gasteiger partial charge in [0.15, 0.2) is 0 Å². The van der Waals surface area contributed by atoms with Crippen molar-refractivity contribution < 1.29 is 9.47 Å². The average Bonchev–Trinajstić information content (AvgIpc) is 2.48. The molecule has 2 rings (SSSR count). The maximum atomic E-state index is 5.58. The molecule has 2 nitrogen and oxygen atoms in total. The molecule has 0 bridgehead atoms. The van der Waals surface area contributed by atoms with Crippen molar-refractivity contribution in [3.05, 3.63) is 41.5 Å². The summed E-state index contributed by atoms with van der Waals surface area (Å²) >= 11 is 0. The van der Waals surface area contributed by atoms with Crippen LogP contribution in [0.15, 0.2) is 30.4 Å². The van der Waals surface area contributed by atoms with Crippen LogP contribution in [0.3, 0.4) is 0 Å². The number of rotatable bonds is 6. The Bertz CT molecular complexity index is 423. The van der Waals surface area contributed by atoms with Gasteiger partial charge < -0.3 is 9.47 Å². The highest BCUT2D eigenvalue weighted by molar-refractivity contribution is 5.40. The molecule has 0 amide bonds. The van der Waals surface area contributed by atoms with Gasteiger partial charge >= 0.3 is 0 Å². The van der Waals surface area contributed by atoms with Gasteiger partial charge in [0.1, 0.15) is 5.75 Å². The van der Waals surface area contributed by atoms with Gasteiger partial charge in [0, 0.05) is 6.61 Å². The van der Waals surface area contributed by atoms with Crippen molar-refractivity contribution in [1.29, 1.82) is 0 Å². The molecule has 1 aliphatic carbocycles. The lowest BCUT2D eigenvalue weighted by atomic mass is 9.86. The molecule has 0 spiro atoms. The third-order valence-corrected chi connectivity index (χ3v) is 3.75. The molecule has 1 aromatic rings. The quantitative estimate of drug-likeness (QED) is 0.566. The Hall–Kier alpha value is -1.28. The molecular weight excluding hydrogens is 236 g/mol. The standard InChI is InChI=1S/C17H24O2/c1-3-19-12-11-14-9-10-16(17(13-14)18-2)15-7-5-4-6-8-15/h4-5,9-10,13,15H,3,6-8,11-12H2,1-2H3. The monoisotopic (exact) mass is 260 g/mol. The van der Waals surface area contributed by atoms with E-state index in [9.17, 15) is 0 Å². The first-order valence-corrected chi connectivity index (χ1v) is 7.24. The first-order chi connectivity index (χ1) is 9.35. The summed E-state index contributed by atoms with van der Waals surface area (Å²) in [5.74, 6) is 1.65. The molecule has 2 heteroatoms. The summed E-state index contributed by atoms with van der Waals surface area (Å²) in [5, 5.41) is 0. The lowest BCUT2D eigenvalue weighted by Crippen LogP contribution is -2.05. The van der Waals surface area contributed by atoms with Gasteiger partial charge in [-0.15, -0.1) is 0 Å². The predicted molar refractivity (Wildman–Crippen MR) is 78.9 cm³/mol. The van der Waals surface area contributed by atoms with Gasteiger partial charge in [0.25, 0.3) is 0 Å². The van der Waals surface area contributed by atoms with E-state index in [1.165, 1.54) is 24.0 Å². The fourth-order valence-corrected chi connectivity index (χ4v) is 2.66. The SMILES string of the molecule is CCOCCc1ccc(C2CC=CCC2)c(OC)c1. The maximum absolute atomic E-state index is 5.58. The minimum Gasteiger partial charge on any atom is -0.496 e. The molecule has 0 fully saturated rings. The Morgan fingerprint density at radius 1 is 1.26 bits per heavy atom. The Morgan fingerprint density at radius 2 is 2.16 bits per heavy atom. The van der Waals surface area contributed by atoms with Crippen molar-refractivity contribution in [2.45, 2.75) is 38.5 Å². The Kier molecular flexibility index (Phi) is 5.46. The maximum Gasteiger partial charge on any atom is 0.122 e. The van der Waals surface area contributed by atoms with E-state index < -0.39 is 0 Å². The summed E-state index contributed by atoms with van der Waals surface area (Å²) in [6.07, 6.45) is 9.06. The molecule has 0 N–H and O–H groups in total. The molecule has 1 aliphatic rings. The van der Waals surface area contributed by atoms with Crippen LogP contribution in [-0.2, 0) is 11.2 Å². The van der Waals surface area contributed by atoms with Gasteiger partial charge in [-0.25, -0.2) is 0 Å². The van der Waals surface area contributed by atoms with Crippen LogP contribution in [0.5, 0.6) is 5.75 Å². The second-order valence-corrected chi connectivity index (χ2v) is 5.00. The minimum absolute atomic E-state index is 0.612. The van der Waals surface area contributed by atoms with Gasteiger partial charge in [-0.3, -0.25) is 0 Å². The lowest BCUT2D eigenvalue weighted by molar-refractivity contribution is 0.151. The molecule has 0 radical (unpaired) electrons. The molecule has 1 aromatic carbocycles. The smallest absolute Gasteiger partial charge is 0.122 e. The molecule has 1 atom stereocenters. The molecule has 104 valence electrons. The van der Waals surface area contributed by atoms with Gasteiger partial charge in [-0.05, 0) is 55.7 Å². The van der Waals surface area contributed by atoms with Gasteiger partial charge in [-0.1, -0.05) is 24.3 Å². The fraction of sp³-hybridized carbons (Fsp3) is 0.529. The molecule has 0 aliphatic heterocycles. The van der Waals surface area contributed by atoms with Crippen molar-refractivity contribution in [3.63, 3.8) is 0 Å². The first-order valence-electron chi connectivity index (χ1n) is 7.24. The van der Waals surface area contributed by atoms with E-state index in [2.05, 4.69) is 30.4 Å². The summed E-state index contributed by atoms with van der Waals surface area (Å²) in [7, 11) is 1.77. The van der Waals surface area contributed by atoms with Gasteiger partial charge in [0.05, 0.1) is 13.7 Å². The second kappa shape index (κ2) is 7.34. The summed E-state index contributed by atoms with van der Waals surface area (Å²) in [4.78, 5) is 0. The topological polar surface area (TPSA) is 18.5 Å². The highest BCUT2D eigenvalue weighted by Crippen LogP contribution is 2.35. The largest absolute Gasteiger partial charge is 0.496 e. The molecule has 0 aromatic heterocycles. The highest BCUT2D eigenvalue weighted by Gasteiger charge is 2.16. The van der Waals surface area contributed by atoms with E-state index in [4.69, 9.17) is 9.47 Å². The van der Waals surface area contributed by atoms with Gasteiger partial charge in [0.2, 0.25) is 0 Å². The van der Waals surface area contributed by atoms with Crippen molar-refractivity contribution in [1.82, 2.24) is 0 Å². The fourth-order valence-electron chi connectivity index (χ4n) is 2.66. The zero-order valence-electron chi connectivity index (χ0n) is 12.0. The third-order valence-electron chi connectivity index (χ3n) is 3.75. The van der Waals surface area contributed by atoms with E-state index in [0.717, 1.165) is 31.8 Å². The van der Waals surface area contributed by atoms with Crippen LogP contribution < -0.4 is 4.74 Å². The number of hydrogen-bond donors (Lipinski definition) is 0. The molecule has 1 unspecified atom stereocenters. The Morgan fingerprint density at radius 3 is 2.84 bits per heavy atom. The van der Waals surface area contributed by atoms with Crippen LogP contribution in [0.25, 0.3) is 0 Å². The number of benzene rings is 1. The summed E-state index contributed by atoms with van der Waals surface area (Å²) < 4.78 is 11.0. The van der Waals surface area contributed by atoms with E-state index in [-0.39, 0.29) is 0 Å². The number of hydrogen-bond acceptors (Lipinski definition) is 2. The number of allylic oxidation sites excluding steroid dienone is 2. The van der Waals surface area contributed by atoms with Crippen LogP contribution >= 0.6 is 0 Å².